The van der Waals surface area contributed by atoms with Gasteiger partial charge in [-0.2, -0.15) is 0 Å². The van der Waals surface area contributed by atoms with Gasteiger partial charge in [-0.05, 0) is 25.0 Å². The van der Waals surface area contributed by atoms with Gasteiger partial charge >= 0.3 is 0 Å². The number of phenols is 2. The third-order valence-corrected chi connectivity index (χ3v) is 3.93. The van der Waals surface area contributed by atoms with Crippen molar-refractivity contribution >= 4 is 9.24 Å². The van der Waals surface area contributed by atoms with E-state index in [1.807, 2.05) is 50.2 Å². The minimum absolute atomic E-state index is 0.121. The molecule has 0 saturated heterocycles. The first-order chi connectivity index (χ1) is 8.52. The highest BCUT2D eigenvalue weighted by atomic mass is 31.0. The monoisotopic (exact) mass is 260 g/mol. The van der Waals surface area contributed by atoms with Crippen LogP contribution in [-0.4, -0.2) is 10.2 Å². The van der Waals surface area contributed by atoms with Gasteiger partial charge in [0, 0.05) is 16.8 Å². The zero-order chi connectivity index (χ0) is 13.3. The Labute approximate surface area is 110 Å². The Morgan fingerprint density at radius 3 is 1.61 bits per heavy atom. The highest BCUT2D eigenvalue weighted by molar-refractivity contribution is 7.17. The molecule has 94 valence electrons. The molecule has 0 spiro atoms. The maximum Gasteiger partial charge on any atom is 0.122 e. The van der Waals surface area contributed by atoms with Crippen molar-refractivity contribution in [3.05, 3.63) is 58.7 Å². The average molecular weight is 260 g/mol. The van der Waals surface area contributed by atoms with Crippen LogP contribution in [0.3, 0.4) is 0 Å². The smallest absolute Gasteiger partial charge is 0.122 e. The van der Waals surface area contributed by atoms with Crippen LogP contribution in [-0.2, 0) is 0 Å². The van der Waals surface area contributed by atoms with Crippen molar-refractivity contribution in [1.29, 1.82) is 0 Å². The summed E-state index contributed by atoms with van der Waals surface area (Å²) < 4.78 is 0. The van der Waals surface area contributed by atoms with E-state index in [4.69, 9.17) is 0 Å². The number of phenolic OH excluding ortho intramolecular Hbond substituents is 2. The number of para-hydroxylation sites is 2. The number of benzene rings is 2. The van der Waals surface area contributed by atoms with Gasteiger partial charge in [0.15, 0.2) is 0 Å². The fourth-order valence-corrected chi connectivity index (χ4v) is 2.57. The first kappa shape index (κ1) is 12.9. The van der Waals surface area contributed by atoms with Crippen LogP contribution in [0.2, 0.25) is 0 Å². The van der Waals surface area contributed by atoms with E-state index in [-0.39, 0.29) is 5.66 Å². The second-order valence-corrected chi connectivity index (χ2v) is 5.17. The third-order valence-electron chi connectivity index (χ3n) is 3.21. The van der Waals surface area contributed by atoms with Crippen LogP contribution in [0.4, 0.5) is 0 Å². The quantitative estimate of drug-likeness (QED) is 0.809. The van der Waals surface area contributed by atoms with E-state index in [2.05, 4.69) is 9.24 Å². The molecule has 0 aliphatic carbocycles. The largest absolute Gasteiger partial charge is 0.507 e. The van der Waals surface area contributed by atoms with E-state index in [1.54, 1.807) is 0 Å². The average Bonchev–Trinajstić information content (AvgIpc) is 2.35. The number of aryl methyl sites for hydroxylation is 2. The lowest BCUT2D eigenvalue weighted by Gasteiger charge is -2.17. The maximum atomic E-state index is 10.1. The molecule has 2 aromatic rings. The Hall–Kier alpha value is -1.53. The lowest BCUT2D eigenvalue weighted by Crippen LogP contribution is -1.96. The standard InChI is InChI=1S/C15H17O2P/c1-9-5-3-7-11(13(9)16)15(18)12-8-4-6-10(2)14(12)17/h3-8,15-17H,18H2,1-2H3. The van der Waals surface area contributed by atoms with Crippen LogP contribution in [0.25, 0.3) is 0 Å². The fraction of sp³-hybridized carbons (Fsp3) is 0.200. The van der Waals surface area contributed by atoms with Gasteiger partial charge in [-0.25, -0.2) is 0 Å². The zero-order valence-corrected chi connectivity index (χ0v) is 11.7. The molecular weight excluding hydrogens is 243 g/mol. The number of hydrogen-bond acceptors (Lipinski definition) is 2. The summed E-state index contributed by atoms with van der Waals surface area (Å²) in [4.78, 5) is 0. The fourth-order valence-electron chi connectivity index (χ4n) is 2.03. The predicted octanol–water partition coefficient (Wildman–Crippen LogP) is 3.68. The molecule has 0 radical (unpaired) electrons. The first-order valence-electron chi connectivity index (χ1n) is 5.85. The lowest BCUT2D eigenvalue weighted by molar-refractivity contribution is 0.458. The molecular formula is C15H17O2P. The van der Waals surface area contributed by atoms with Crippen molar-refractivity contribution < 1.29 is 10.2 Å². The van der Waals surface area contributed by atoms with Gasteiger partial charge in [0.05, 0.1) is 0 Å². The third kappa shape index (κ3) is 2.21. The molecule has 2 N–H and O–H groups in total. The summed E-state index contributed by atoms with van der Waals surface area (Å²) in [5.74, 6) is 0.580. The summed E-state index contributed by atoms with van der Waals surface area (Å²) in [6.07, 6.45) is 0. The molecule has 0 bridgehead atoms. The molecule has 0 heterocycles. The highest BCUT2D eigenvalue weighted by Crippen LogP contribution is 2.41. The van der Waals surface area contributed by atoms with Crippen molar-refractivity contribution in [2.24, 2.45) is 0 Å². The molecule has 0 saturated carbocycles. The Morgan fingerprint density at radius 2 is 1.22 bits per heavy atom. The van der Waals surface area contributed by atoms with Gasteiger partial charge in [0.1, 0.15) is 11.5 Å². The molecule has 1 unspecified atom stereocenters. The molecule has 3 heteroatoms. The minimum atomic E-state index is -0.121. The van der Waals surface area contributed by atoms with E-state index >= 15 is 0 Å². The molecule has 0 amide bonds. The topological polar surface area (TPSA) is 40.5 Å². The summed E-state index contributed by atoms with van der Waals surface area (Å²) in [5, 5.41) is 20.2. The Morgan fingerprint density at radius 1 is 0.833 bits per heavy atom. The van der Waals surface area contributed by atoms with Crippen LogP contribution in [0.5, 0.6) is 11.5 Å². The number of rotatable bonds is 2. The van der Waals surface area contributed by atoms with Gasteiger partial charge < -0.3 is 10.2 Å². The Kier molecular flexibility index (Phi) is 3.58. The van der Waals surface area contributed by atoms with Crippen LogP contribution >= 0.6 is 9.24 Å². The van der Waals surface area contributed by atoms with Gasteiger partial charge in [-0.1, -0.05) is 36.4 Å². The van der Waals surface area contributed by atoms with Gasteiger partial charge in [-0.3, -0.25) is 0 Å². The number of aromatic hydroxyl groups is 2. The molecule has 2 rings (SSSR count). The summed E-state index contributed by atoms with van der Waals surface area (Å²) in [7, 11) is 2.68. The molecule has 2 nitrogen and oxygen atoms in total. The normalized spacial score (nSPS) is 10.9. The number of hydrogen-bond donors (Lipinski definition) is 2. The Balaban J connectivity index is 2.51. The molecule has 18 heavy (non-hydrogen) atoms. The van der Waals surface area contributed by atoms with E-state index in [0.717, 1.165) is 22.3 Å². The minimum Gasteiger partial charge on any atom is -0.507 e. The summed E-state index contributed by atoms with van der Waals surface area (Å²) in [6, 6.07) is 11.3. The van der Waals surface area contributed by atoms with Gasteiger partial charge in [-0.15, -0.1) is 9.24 Å². The van der Waals surface area contributed by atoms with E-state index in [0.29, 0.717) is 11.5 Å². The zero-order valence-electron chi connectivity index (χ0n) is 10.5. The molecule has 0 fully saturated rings. The first-order valence-corrected chi connectivity index (χ1v) is 6.51. The van der Waals surface area contributed by atoms with Crippen LogP contribution in [0.1, 0.15) is 27.9 Å². The van der Waals surface area contributed by atoms with Crippen molar-refractivity contribution in [3.8, 4) is 11.5 Å². The maximum absolute atomic E-state index is 10.1. The van der Waals surface area contributed by atoms with Crippen LogP contribution in [0.15, 0.2) is 36.4 Å². The molecule has 0 aromatic heterocycles. The lowest BCUT2D eigenvalue weighted by atomic mass is 9.99. The molecule has 1 atom stereocenters. The second-order valence-electron chi connectivity index (χ2n) is 4.50. The molecule has 2 aromatic carbocycles. The molecule has 0 aliphatic rings. The van der Waals surface area contributed by atoms with Crippen LogP contribution in [0, 0.1) is 13.8 Å². The van der Waals surface area contributed by atoms with Crippen molar-refractivity contribution in [2.75, 3.05) is 0 Å². The van der Waals surface area contributed by atoms with Crippen molar-refractivity contribution in [1.82, 2.24) is 0 Å². The predicted molar refractivity (Wildman–Crippen MR) is 77.2 cm³/mol. The van der Waals surface area contributed by atoms with E-state index in [1.165, 1.54) is 0 Å². The van der Waals surface area contributed by atoms with Gasteiger partial charge in [0.2, 0.25) is 0 Å². The summed E-state index contributed by atoms with van der Waals surface area (Å²) >= 11 is 0. The van der Waals surface area contributed by atoms with Crippen LogP contribution < -0.4 is 0 Å². The van der Waals surface area contributed by atoms with Gasteiger partial charge in [0.25, 0.3) is 0 Å². The van der Waals surface area contributed by atoms with E-state index in [9.17, 15) is 10.2 Å². The highest BCUT2D eigenvalue weighted by Gasteiger charge is 2.17. The summed E-state index contributed by atoms with van der Waals surface area (Å²) in [6.45, 7) is 3.73. The second kappa shape index (κ2) is 4.99. The van der Waals surface area contributed by atoms with Crippen molar-refractivity contribution in [3.63, 3.8) is 0 Å². The van der Waals surface area contributed by atoms with E-state index < -0.39 is 0 Å². The summed E-state index contributed by atoms with van der Waals surface area (Å²) in [5.41, 5.74) is 3.17. The SMILES string of the molecule is Cc1cccc(C(P)c2cccc(C)c2O)c1O. The Bertz CT molecular complexity index is 527. The van der Waals surface area contributed by atoms with Crippen molar-refractivity contribution in [2.45, 2.75) is 19.5 Å². The molecule has 0 aliphatic heterocycles.